The molecule has 9 nitrogen and oxygen atoms in total. The van der Waals surface area contributed by atoms with Gasteiger partial charge < -0.3 is 19.5 Å². The summed E-state index contributed by atoms with van der Waals surface area (Å²) in [6, 6.07) is 11.6. The lowest BCUT2D eigenvalue weighted by molar-refractivity contribution is -0.122. The van der Waals surface area contributed by atoms with Gasteiger partial charge in [-0.1, -0.05) is 12.1 Å². The predicted molar refractivity (Wildman–Crippen MR) is 120 cm³/mol. The van der Waals surface area contributed by atoms with Gasteiger partial charge in [0.2, 0.25) is 5.91 Å². The van der Waals surface area contributed by atoms with Crippen LogP contribution in [0.15, 0.2) is 49.1 Å². The summed E-state index contributed by atoms with van der Waals surface area (Å²) in [5.41, 5.74) is 2.84. The summed E-state index contributed by atoms with van der Waals surface area (Å²) in [6.07, 6.45) is 3.16. The van der Waals surface area contributed by atoms with Gasteiger partial charge in [-0.25, -0.2) is 9.67 Å². The quantitative estimate of drug-likeness (QED) is 0.519. The van der Waals surface area contributed by atoms with E-state index in [1.165, 1.54) is 6.33 Å². The van der Waals surface area contributed by atoms with Crippen LogP contribution < -0.4 is 19.5 Å². The highest BCUT2D eigenvalue weighted by Crippen LogP contribution is 2.34. The lowest BCUT2D eigenvalue weighted by Crippen LogP contribution is -2.36. The zero-order valence-corrected chi connectivity index (χ0v) is 19.0. The smallest absolute Gasteiger partial charge is 0.234 e. The Bertz CT molecular complexity index is 1020. The number of methoxy groups -OCH3 is 3. The van der Waals surface area contributed by atoms with Crippen LogP contribution >= 0.6 is 0 Å². The van der Waals surface area contributed by atoms with Crippen LogP contribution in [0, 0.1) is 0 Å². The van der Waals surface area contributed by atoms with Crippen LogP contribution in [-0.2, 0) is 11.3 Å². The molecule has 1 amide bonds. The molecule has 0 aliphatic carbocycles. The second kappa shape index (κ2) is 10.6. The summed E-state index contributed by atoms with van der Waals surface area (Å²) in [4.78, 5) is 18.5. The lowest BCUT2D eigenvalue weighted by atomic mass is 10.1. The predicted octanol–water partition coefficient (Wildman–Crippen LogP) is 2.60. The van der Waals surface area contributed by atoms with Gasteiger partial charge in [-0.15, -0.1) is 0 Å². The van der Waals surface area contributed by atoms with Gasteiger partial charge in [0.15, 0.2) is 11.5 Å². The Labute approximate surface area is 187 Å². The van der Waals surface area contributed by atoms with E-state index in [2.05, 4.69) is 22.3 Å². The average Bonchev–Trinajstić information content (AvgIpc) is 3.36. The molecule has 0 aliphatic rings. The van der Waals surface area contributed by atoms with Crippen molar-refractivity contribution < 1.29 is 19.0 Å². The van der Waals surface area contributed by atoms with Crippen LogP contribution in [0.1, 0.15) is 24.1 Å². The SMILES string of the molecule is COc1cc(OC)c(OC)cc1CNC(=O)CN(C)C(C)c1ccc(-n2cncn2)cc1. The number of amides is 1. The van der Waals surface area contributed by atoms with Crippen molar-refractivity contribution >= 4 is 5.91 Å². The molecule has 0 saturated carbocycles. The maximum absolute atomic E-state index is 12.6. The first-order valence-corrected chi connectivity index (χ1v) is 10.2. The highest BCUT2D eigenvalue weighted by atomic mass is 16.5. The second-order valence-corrected chi connectivity index (χ2v) is 7.32. The number of hydrogen-bond acceptors (Lipinski definition) is 7. The molecule has 1 atom stereocenters. The van der Waals surface area contributed by atoms with Crippen LogP contribution in [0.3, 0.4) is 0 Å². The summed E-state index contributed by atoms with van der Waals surface area (Å²) in [6.45, 7) is 2.63. The fourth-order valence-corrected chi connectivity index (χ4v) is 3.35. The Morgan fingerprint density at radius 1 is 1.06 bits per heavy atom. The molecule has 0 aliphatic heterocycles. The van der Waals surface area contributed by atoms with Gasteiger partial charge in [0.1, 0.15) is 18.4 Å². The first-order chi connectivity index (χ1) is 15.5. The summed E-state index contributed by atoms with van der Waals surface area (Å²) in [7, 11) is 6.64. The highest BCUT2D eigenvalue weighted by molar-refractivity contribution is 5.78. The van der Waals surface area contributed by atoms with Gasteiger partial charge in [0.05, 0.1) is 33.6 Å². The highest BCUT2D eigenvalue weighted by Gasteiger charge is 2.17. The summed E-state index contributed by atoms with van der Waals surface area (Å²) in [5.74, 6) is 1.69. The number of nitrogens with one attached hydrogen (secondary N) is 1. The minimum Gasteiger partial charge on any atom is -0.496 e. The summed E-state index contributed by atoms with van der Waals surface area (Å²) >= 11 is 0. The standard InChI is InChI=1S/C23H29N5O4/c1-16(17-6-8-19(9-7-17)28-15-24-14-26-28)27(2)13-23(29)25-12-18-10-21(31-4)22(32-5)11-20(18)30-3/h6-11,14-16H,12-13H2,1-5H3,(H,25,29). The molecule has 3 rings (SSSR count). The number of hydrogen-bond donors (Lipinski definition) is 1. The number of ether oxygens (including phenoxy) is 3. The molecule has 32 heavy (non-hydrogen) atoms. The topological polar surface area (TPSA) is 90.7 Å². The van der Waals surface area contributed by atoms with Crippen molar-refractivity contribution in [2.24, 2.45) is 0 Å². The number of benzene rings is 2. The molecule has 0 spiro atoms. The van der Waals surface area contributed by atoms with Crippen LogP contribution in [0.5, 0.6) is 17.2 Å². The first-order valence-electron chi connectivity index (χ1n) is 10.2. The van der Waals surface area contributed by atoms with Crippen molar-refractivity contribution in [2.45, 2.75) is 19.5 Å². The fourth-order valence-electron chi connectivity index (χ4n) is 3.35. The van der Waals surface area contributed by atoms with E-state index < -0.39 is 0 Å². The molecule has 3 aromatic rings. The molecule has 0 saturated heterocycles. The zero-order chi connectivity index (χ0) is 23.1. The van der Waals surface area contributed by atoms with Gasteiger partial charge in [0, 0.05) is 24.2 Å². The molecule has 1 heterocycles. The molecular weight excluding hydrogens is 410 g/mol. The molecule has 0 fully saturated rings. The number of likely N-dealkylation sites (N-methyl/N-ethyl adjacent to an activating group) is 1. The van der Waals surface area contributed by atoms with Gasteiger partial charge in [-0.05, 0) is 37.7 Å². The van der Waals surface area contributed by atoms with Gasteiger partial charge in [0.25, 0.3) is 0 Å². The monoisotopic (exact) mass is 439 g/mol. The molecule has 1 N–H and O–H groups in total. The number of aromatic nitrogens is 3. The molecule has 0 radical (unpaired) electrons. The Hall–Kier alpha value is -3.59. The summed E-state index contributed by atoms with van der Waals surface area (Å²) < 4.78 is 17.8. The number of carbonyl (C=O) groups excluding carboxylic acids is 1. The molecule has 170 valence electrons. The van der Waals surface area contributed by atoms with E-state index in [4.69, 9.17) is 14.2 Å². The lowest BCUT2D eigenvalue weighted by Gasteiger charge is -2.24. The van der Waals surface area contributed by atoms with Crippen LogP contribution in [0.25, 0.3) is 5.69 Å². The van der Waals surface area contributed by atoms with E-state index in [9.17, 15) is 4.79 Å². The van der Waals surface area contributed by atoms with Crippen molar-refractivity contribution in [2.75, 3.05) is 34.9 Å². The van der Waals surface area contributed by atoms with Crippen molar-refractivity contribution in [1.82, 2.24) is 25.0 Å². The molecular formula is C23H29N5O4. The molecule has 0 bridgehead atoms. The van der Waals surface area contributed by atoms with E-state index in [-0.39, 0.29) is 18.5 Å². The van der Waals surface area contributed by atoms with Gasteiger partial charge >= 0.3 is 0 Å². The Morgan fingerprint density at radius 2 is 1.72 bits per heavy atom. The minimum absolute atomic E-state index is 0.0566. The van der Waals surface area contributed by atoms with Gasteiger partial charge in [-0.2, -0.15) is 5.10 Å². The number of nitrogens with zero attached hydrogens (tertiary/aromatic N) is 4. The Kier molecular flexibility index (Phi) is 7.67. The summed E-state index contributed by atoms with van der Waals surface area (Å²) in [5, 5.41) is 7.08. The maximum atomic E-state index is 12.6. The molecule has 1 aromatic heterocycles. The van der Waals surface area contributed by atoms with E-state index in [1.807, 2.05) is 36.2 Å². The maximum Gasteiger partial charge on any atom is 0.234 e. The number of carbonyl (C=O) groups is 1. The third-order valence-electron chi connectivity index (χ3n) is 5.38. The second-order valence-electron chi connectivity index (χ2n) is 7.32. The average molecular weight is 440 g/mol. The fraction of sp³-hybridized carbons (Fsp3) is 0.348. The molecule has 9 heteroatoms. The van der Waals surface area contributed by atoms with E-state index >= 15 is 0 Å². The zero-order valence-electron chi connectivity index (χ0n) is 19.0. The van der Waals surface area contributed by atoms with Crippen molar-refractivity contribution in [3.8, 4) is 22.9 Å². The Balaban J connectivity index is 1.59. The van der Waals surface area contributed by atoms with Crippen LogP contribution in [0.4, 0.5) is 0 Å². The van der Waals surface area contributed by atoms with E-state index in [0.717, 1.165) is 16.8 Å². The van der Waals surface area contributed by atoms with Gasteiger partial charge in [-0.3, -0.25) is 9.69 Å². The van der Waals surface area contributed by atoms with Crippen molar-refractivity contribution in [1.29, 1.82) is 0 Å². The first kappa shape index (κ1) is 23.1. The normalized spacial score (nSPS) is 11.8. The van der Waals surface area contributed by atoms with Crippen LogP contribution in [0.2, 0.25) is 0 Å². The van der Waals surface area contributed by atoms with Crippen molar-refractivity contribution in [3.63, 3.8) is 0 Å². The Morgan fingerprint density at radius 3 is 2.31 bits per heavy atom. The molecule has 1 unspecified atom stereocenters. The molecule has 2 aromatic carbocycles. The minimum atomic E-state index is -0.0876. The van der Waals surface area contributed by atoms with Crippen LogP contribution in [-0.4, -0.2) is 60.5 Å². The third kappa shape index (κ3) is 5.36. The largest absolute Gasteiger partial charge is 0.496 e. The third-order valence-corrected chi connectivity index (χ3v) is 5.38. The van der Waals surface area contributed by atoms with Crippen molar-refractivity contribution in [3.05, 3.63) is 60.2 Å². The number of rotatable bonds is 10. The van der Waals surface area contributed by atoms with E-state index in [1.54, 1.807) is 44.5 Å². The van der Waals surface area contributed by atoms with E-state index in [0.29, 0.717) is 23.8 Å².